The zero-order valence-electron chi connectivity index (χ0n) is 17.6. The molecular formula is C23H20F3N3O3S. The van der Waals surface area contributed by atoms with Gasteiger partial charge in [0, 0.05) is 55.1 Å². The molecule has 10 heteroatoms. The number of pyridine rings is 2. The maximum atomic E-state index is 12.9. The molecule has 4 rings (SSSR count). The molecule has 1 aromatic carbocycles. The van der Waals surface area contributed by atoms with Crippen LogP contribution in [0.1, 0.15) is 11.3 Å². The molecule has 6 nitrogen and oxygen atoms in total. The first-order valence-corrected chi connectivity index (χ1v) is 11.1. The Morgan fingerprint density at radius 3 is 2.52 bits per heavy atom. The molecule has 1 aliphatic heterocycles. The van der Waals surface area contributed by atoms with Gasteiger partial charge < -0.3 is 14.2 Å². The number of hydrogen-bond acceptors (Lipinski definition) is 5. The summed E-state index contributed by atoms with van der Waals surface area (Å²) in [7, 11) is 1.67. The molecule has 2 aromatic heterocycles. The Labute approximate surface area is 192 Å². The van der Waals surface area contributed by atoms with Crippen molar-refractivity contribution in [1.82, 2.24) is 14.5 Å². The number of rotatable bonds is 5. The van der Waals surface area contributed by atoms with Gasteiger partial charge in [0.15, 0.2) is 0 Å². The van der Waals surface area contributed by atoms with Gasteiger partial charge in [-0.2, -0.15) is 0 Å². The minimum absolute atomic E-state index is 0.00785. The molecule has 0 aliphatic carbocycles. The minimum atomic E-state index is -4.78. The minimum Gasteiger partial charge on any atom is -0.406 e. The fourth-order valence-corrected chi connectivity index (χ4v) is 4.54. The highest BCUT2D eigenvalue weighted by molar-refractivity contribution is 8.00. The number of carbonyl (C=O) groups excluding carboxylic acids is 1. The molecule has 0 unspecified atom stereocenters. The first-order chi connectivity index (χ1) is 15.7. The summed E-state index contributed by atoms with van der Waals surface area (Å²) in [4.78, 5) is 32.3. The Kier molecular flexibility index (Phi) is 6.46. The second-order valence-corrected chi connectivity index (χ2v) is 8.55. The van der Waals surface area contributed by atoms with E-state index in [1.165, 1.54) is 36.0 Å². The molecule has 33 heavy (non-hydrogen) atoms. The Bertz CT molecular complexity index is 1210. The third kappa shape index (κ3) is 5.39. The summed E-state index contributed by atoms with van der Waals surface area (Å²) >= 11 is 1.44. The van der Waals surface area contributed by atoms with Gasteiger partial charge in [0.2, 0.25) is 5.91 Å². The molecule has 0 saturated carbocycles. The number of ether oxygens (including phenoxy) is 1. The fourth-order valence-electron chi connectivity index (χ4n) is 3.76. The van der Waals surface area contributed by atoms with Crippen LogP contribution in [0.25, 0.3) is 11.1 Å². The van der Waals surface area contributed by atoms with Gasteiger partial charge in [-0.1, -0.05) is 12.1 Å². The normalized spacial score (nSPS) is 13.5. The van der Waals surface area contributed by atoms with E-state index in [1.807, 2.05) is 12.1 Å². The third-order valence-corrected chi connectivity index (χ3v) is 6.37. The zero-order chi connectivity index (χ0) is 23.6. The predicted octanol–water partition coefficient (Wildman–Crippen LogP) is 4.02. The van der Waals surface area contributed by atoms with Crippen molar-refractivity contribution in [2.75, 3.05) is 12.3 Å². The van der Waals surface area contributed by atoms with Crippen LogP contribution in [0, 0.1) is 0 Å². The van der Waals surface area contributed by atoms with Crippen LogP contribution in [0.3, 0.4) is 0 Å². The standard InChI is InChI=1S/C23H20F3N3O3S/c1-28-20-8-11-29(21(30)14-33-18-6-9-27-10-7-18)13-16(20)12-19(22(28)31)15-2-4-17(5-3-15)32-23(24,25)26/h2-7,9-10,12H,8,11,13-14H2,1H3. The molecule has 0 bridgehead atoms. The molecule has 0 spiro atoms. The van der Waals surface area contributed by atoms with Crippen molar-refractivity contribution < 1.29 is 22.7 Å². The number of fused-ring (bicyclic) bond motifs is 1. The summed E-state index contributed by atoms with van der Waals surface area (Å²) in [6.07, 6.45) is -0.887. The lowest BCUT2D eigenvalue weighted by atomic mass is 9.99. The average molecular weight is 475 g/mol. The van der Waals surface area contributed by atoms with Crippen LogP contribution in [0.2, 0.25) is 0 Å². The molecule has 0 atom stereocenters. The van der Waals surface area contributed by atoms with Crippen molar-refractivity contribution in [2.45, 2.75) is 24.2 Å². The number of benzene rings is 1. The molecular weight excluding hydrogens is 455 g/mol. The molecule has 0 N–H and O–H groups in total. The molecule has 1 amide bonds. The number of halogens is 3. The van der Waals surface area contributed by atoms with Gasteiger partial charge in [0.25, 0.3) is 5.56 Å². The van der Waals surface area contributed by atoms with Crippen molar-refractivity contribution in [3.8, 4) is 16.9 Å². The fraction of sp³-hybridized carbons (Fsp3) is 0.261. The third-order valence-electron chi connectivity index (χ3n) is 5.37. The summed E-state index contributed by atoms with van der Waals surface area (Å²) < 4.78 is 42.7. The van der Waals surface area contributed by atoms with Gasteiger partial charge in [-0.15, -0.1) is 24.9 Å². The van der Waals surface area contributed by atoms with Gasteiger partial charge in [-0.3, -0.25) is 14.6 Å². The van der Waals surface area contributed by atoms with Crippen LogP contribution in [-0.4, -0.2) is 39.0 Å². The van der Waals surface area contributed by atoms with Gasteiger partial charge in [0.1, 0.15) is 5.75 Å². The smallest absolute Gasteiger partial charge is 0.406 e. The molecule has 0 saturated heterocycles. The highest BCUT2D eigenvalue weighted by Gasteiger charge is 2.31. The highest BCUT2D eigenvalue weighted by Crippen LogP contribution is 2.28. The van der Waals surface area contributed by atoms with E-state index in [-0.39, 0.29) is 17.2 Å². The average Bonchev–Trinajstić information content (AvgIpc) is 2.80. The number of alkyl halides is 3. The van der Waals surface area contributed by atoms with E-state index in [0.717, 1.165) is 16.2 Å². The summed E-state index contributed by atoms with van der Waals surface area (Å²) in [5.74, 6) is -0.0745. The van der Waals surface area contributed by atoms with E-state index in [2.05, 4.69) is 9.72 Å². The van der Waals surface area contributed by atoms with E-state index in [4.69, 9.17) is 0 Å². The number of thioether (sulfide) groups is 1. The number of hydrogen-bond donors (Lipinski definition) is 0. The molecule has 1 aliphatic rings. The number of amides is 1. The lowest BCUT2D eigenvalue weighted by Crippen LogP contribution is -2.39. The van der Waals surface area contributed by atoms with Crippen LogP contribution in [-0.2, 0) is 24.8 Å². The summed E-state index contributed by atoms with van der Waals surface area (Å²) in [6.45, 7) is 0.875. The van der Waals surface area contributed by atoms with Crippen molar-refractivity contribution in [3.63, 3.8) is 0 Å². The zero-order valence-corrected chi connectivity index (χ0v) is 18.4. The first kappa shape index (κ1) is 22.9. The maximum Gasteiger partial charge on any atom is 0.573 e. The van der Waals surface area contributed by atoms with Crippen molar-refractivity contribution in [2.24, 2.45) is 7.05 Å². The van der Waals surface area contributed by atoms with Gasteiger partial charge in [0.05, 0.1) is 5.75 Å². The quantitative estimate of drug-likeness (QED) is 0.522. The Hall–Kier alpha value is -3.27. The Morgan fingerprint density at radius 1 is 1.15 bits per heavy atom. The van der Waals surface area contributed by atoms with E-state index in [0.29, 0.717) is 36.4 Å². The van der Waals surface area contributed by atoms with Gasteiger partial charge >= 0.3 is 6.36 Å². The first-order valence-electron chi connectivity index (χ1n) is 10.1. The predicted molar refractivity (Wildman–Crippen MR) is 118 cm³/mol. The summed E-state index contributed by atoms with van der Waals surface area (Å²) in [6, 6.07) is 10.6. The van der Waals surface area contributed by atoms with Gasteiger partial charge in [-0.05, 0) is 41.5 Å². The van der Waals surface area contributed by atoms with Crippen LogP contribution in [0.5, 0.6) is 5.75 Å². The molecule has 3 heterocycles. The van der Waals surface area contributed by atoms with E-state index in [1.54, 1.807) is 35.0 Å². The number of aromatic nitrogens is 2. The van der Waals surface area contributed by atoms with Crippen molar-refractivity contribution in [1.29, 1.82) is 0 Å². The van der Waals surface area contributed by atoms with E-state index < -0.39 is 6.36 Å². The summed E-state index contributed by atoms with van der Waals surface area (Å²) in [5.41, 5.74) is 2.29. The molecule has 0 fully saturated rings. The van der Waals surface area contributed by atoms with Crippen molar-refractivity contribution >= 4 is 17.7 Å². The van der Waals surface area contributed by atoms with E-state index >= 15 is 0 Å². The second-order valence-electron chi connectivity index (χ2n) is 7.50. The van der Waals surface area contributed by atoms with Crippen LogP contribution < -0.4 is 10.3 Å². The van der Waals surface area contributed by atoms with Crippen LogP contribution >= 0.6 is 11.8 Å². The monoisotopic (exact) mass is 475 g/mol. The van der Waals surface area contributed by atoms with Crippen molar-refractivity contribution in [3.05, 3.63) is 76.5 Å². The molecule has 3 aromatic rings. The topological polar surface area (TPSA) is 64.4 Å². The lowest BCUT2D eigenvalue weighted by molar-refractivity contribution is -0.274. The molecule has 0 radical (unpaired) electrons. The van der Waals surface area contributed by atoms with E-state index in [9.17, 15) is 22.8 Å². The van der Waals surface area contributed by atoms with Gasteiger partial charge in [-0.25, -0.2) is 0 Å². The molecule has 172 valence electrons. The summed E-state index contributed by atoms with van der Waals surface area (Å²) in [5, 5.41) is 0. The largest absolute Gasteiger partial charge is 0.573 e. The number of nitrogens with zero attached hydrogens (tertiary/aromatic N) is 3. The lowest BCUT2D eigenvalue weighted by Gasteiger charge is -2.30. The Balaban J connectivity index is 1.53. The highest BCUT2D eigenvalue weighted by atomic mass is 32.2. The Morgan fingerprint density at radius 2 is 1.85 bits per heavy atom. The number of carbonyl (C=O) groups is 1. The van der Waals surface area contributed by atoms with Crippen LogP contribution in [0.4, 0.5) is 13.2 Å². The maximum absolute atomic E-state index is 12.9. The second kappa shape index (κ2) is 9.30. The SMILES string of the molecule is Cn1c2c(cc(-c3ccc(OC(F)(F)F)cc3)c1=O)CN(C(=O)CSc1ccncc1)CC2. The van der Waals surface area contributed by atoms with Crippen LogP contribution in [0.15, 0.2) is 64.5 Å².